The van der Waals surface area contributed by atoms with E-state index in [0.717, 1.165) is 12.8 Å². The van der Waals surface area contributed by atoms with E-state index in [-0.39, 0.29) is 10.8 Å². The van der Waals surface area contributed by atoms with Crippen LogP contribution in [0.15, 0.2) is 0 Å². The highest BCUT2D eigenvalue weighted by Gasteiger charge is 2.53. The Labute approximate surface area is 76.2 Å². The van der Waals surface area contributed by atoms with E-state index in [0.29, 0.717) is 0 Å². The van der Waals surface area contributed by atoms with Crippen LogP contribution >= 0.6 is 0 Å². The highest BCUT2D eigenvalue weighted by molar-refractivity contribution is 5.04. The quantitative estimate of drug-likeness (QED) is 0.592. The van der Waals surface area contributed by atoms with E-state index in [1.165, 1.54) is 6.42 Å². The molecule has 12 heavy (non-hydrogen) atoms. The zero-order chi connectivity index (χ0) is 9.62. The zero-order valence-corrected chi connectivity index (χ0v) is 9.07. The van der Waals surface area contributed by atoms with Crippen LogP contribution in [-0.4, -0.2) is 10.7 Å². The Hall–Kier alpha value is -0.0400. The molecule has 0 bridgehead atoms. The average Bonchev–Trinajstić information content (AvgIpc) is 2.07. The molecule has 1 rings (SSSR count). The Balaban J connectivity index is 2.98. The fraction of sp³-hybridized carbons (Fsp3) is 1.00. The van der Waals surface area contributed by atoms with Crippen molar-refractivity contribution in [3.8, 4) is 0 Å². The molecule has 1 aliphatic carbocycles. The summed E-state index contributed by atoms with van der Waals surface area (Å²) in [7, 11) is 0. The molecule has 1 heteroatoms. The second-order valence-electron chi connectivity index (χ2n) is 5.71. The summed E-state index contributed by atoms with van der Waals surface area (Å²) >= 11 is 0. The summed E-state index contributed by atoms with van der Waals surface area (Å²) in [6.07, 6.45) is 3.28. The summed E-state index contributed by atoms with van der Waals surface area (Å²) in [5.41, 5.74) is -0.182. The first-order chi connectivity index (χ1) is 5.21. The minimum atomic E-state index is -0.467. The summed E-state index contributed by atoms with van der Waals surface area (Å²) in [6, 6.07) is 0. The molecular formula is C11H22O. The summed E-state index contributed by atoms with van der Waals surface area (Å²) < 4.78 is 0. The van der Waals surface area contributed by atoms with Crippen LogP contribution in [0.5, 0.6) is 0 Å². The van der Waals surface area contributed by atoms with Crippen LogP contribution in [0.4, 0.5) is 0 Å². The number of aliphatic hydroxyl groups is 1. The Bertz CT molecular complexity index is 176. The van der Waals surface area contributed by atoms with Gasteiger partial charge in [0.05, 0.1) is 5.60 Å². The van der Waals surface area contributed by atoms with Crippen LogP contribution in [0.1, 0.15) is 53.9 Å². The lowest BCUT2D eigenvalue weighted by molar-refractivity contribution is -0.0942. The molecule has 0 aromatic carbocycles. The van der Waals surface area contributed by atoms with Crippen LogP contribution in [-0.2, 0) is 0 Å². The van der Waals surface area contributed by atoms with Crippen molar-refractivity contribution in [3.05, 3.63) is 0 Å². The smallest absolute Gasteiger partial charge is 0.0678 e. The number of rotatable bonds is 0. The Morgan fingerprint density at radius 2 is 1.58 bits per heavy atom. The molecule has 0 amide bonds. The highest BCUT2D eigenvalue weighted by atomic mass is 16.3. The molecule has 0 saturated heterocycles. The maximum atomic E-state index is 10.2. The van der Waals surface area contributed by atoms with Crippen molar-refractivity contribution in [2.24, 2.45) is 10.8 Å². The fourth-order valence-electron chi connectivity index (χ4n) is 2.51. The lowest BCUT2D eigenvalue weighted by atomic mass is 9.61. The van der Waals surface area contributed by atoms with Crippen molar-refractivity contribution in [1.29, 1.82) is 0 Å². The fourth-order valence-corrected chi connectivity index (χ4v) is 2.51. The largest absolute Gasteiger partial charge is 0.390 e. The van der Waals surface area contributed by atoms with Gasteiger partial charge in [0, 0.05) is 5.41 Å². The van der Waals surface area contributed by atoms with Gasteiger partial charge in [0.2, 0.25) is 0 Å². The SMILES string of the molecule is CC(C)(C)C1(C)CCCC1(C)O. The van der Waals surface area contributed by atoms with Gasteiger partial charge >= 0.3 is 0 Å². The second-order valence-corrected chi connectivity index (χ2v) is 5.71. The maximum Gasteiger partial charge on any atom is 0.0678 e. The monoisotopic (exact) mass is 170 g/mol. The lowest BCUT2D eigenvalue weighted by Crippen LogP contribution is -2.47. The van der Waals surface area contributed by atoms with Crippen molar-refractivity contribution in [3.63, 3.8) is 0 Å². The van der Waals surface area contributed by atoms with Crippen LogP contribution in [0.3, 0.4) is 0 Å². The number of hydrogen-bond donors (Lipinski definition) is 1. The van der Waals surface area contributed by atoms with Gasteiger partial charge in [-0.05, 0) is 31.6 Å². The average molecular weight is 170 g/mol. The normalized spacial score (nSPS) is 43.5. The molecule has 1 N–H and O–H groups in total. The molecule has 0 heterocycles. The van der Waals surface area contributed by atoms with Gasteiger partial charge in [-0.3, -0.25) is 0 Å². The van der Waals surface area contributed by atoms with Crippen molar-refractivity contribution >= 4 is 0 Å². The van der Waals surface area contributed by atoms with Crippen molar-refractivity contribution < 1.29 is 5.11 Å². The molecule has 72 valence electrons. The Morgan fingerprint density at radius 1 is 1.08 bits per heavy atom. The first-order valence-electron chi connectivity index (χ1n) is 4.93. The van der Waals surface area contributed by atoms with Crippen LogP contribution in [0.25, 0.3) is 0 Å². The summed E-state index contributed by atoms with van der Waals surface area (Å²) in [6.45, 7) is 10.9. The molecule has 2 atom stereocenters. The molecule has 1 fully saturated rings. The van der Waals surface area contributed by atoms with E-state index in [2.05, 4.69) is 27.7 Å². The van der Waals surface area contributed by atoms with Crippen LogP contribution in [0, 0.1) is 10.8 Å². The third kappa shape index (κ3) is 1.19. The summed E-state index contributed by atoms with van der Waals surface area (Å²) in [4.78, 5) is 0. The predicted octanol–water partition coefficient (Wildman–Crippen LogP) is 2.97. The molecule has 0 spiro atoms. The van der Waals surface area contributed by atoms with Gasteiger partial charge in [-0.2, -0.15) is 0 Å². The van der Waals surface area contributed by atoms with Crippen molar-refractivity contribution in [2.75, 3.05) is 0 Å². The molecular weight excluding hydrogens is 148 g/mol. The molecule has 0 aromatic heterocycles. The van der Waals surface area contributed by atoms with E-state index in [1.807, 2.05) is 6.92 Å². The first-order valence-corrected chi connectivity index (χ1v) is 4.93. The predicted molar refractivity (Wildman–Crippen MR) is 52.0 cm³/mol. The third-order valence-corrected chi connectivity index (χ3v) is 4.18. The molecule has 0 aliphatic heterocycles. The standard InChI is InChI=1S/C11H22O/c1-9(2,3)10(4)7-6-8-11(10,5)12/h12H,6-8H2,1-5H3. The van der Waals surface area contributed by atoms with E-state index in [1.54, 1.807) is 0 Å². The van der Waals surface area contributed by atoms with Gasteiger partial charge < -0.3 is 5.11 Å². The molecule has 0 aromatic rings. The van der Waals surface area contributed by atoms with Crippen molar-refractivity contribution in [1.82, 2.24) is 0 Å². The zero-order valence-electron chi connectivity index (χ0n) is 9.07. The topological polar surface area (TPSA) is 20.2 Å². The molecule has 1 saturated carbocycles. The van der Waals surface area contributed by atoms with E-state index in [4.69, 9.17) is 0 Å². The van der Waals surface area contributed by atoms with Gasteiger partial charge in [-0.25, -0.2) is 0 Å². The minimum Gasteiger partial charge on any atom is -0.390 e. The van der Waals surface area contributed by atoms with Crippen molar-refractivity contribution in [2.45, 2.75) is 59.5 Å². The number of hydrogen-bond acceptors (Lipinski definition) is 1. The van der Waals surface area contributed by atoms with Crippen LogP contribution < -0.4 is 0 Å². The lowest BCUT2D eigenvalue weighted by Gasteiger charge is -2.47. The van der Waals surface area contributed by atoms with Gasteiger partial charge in [0.1, 0.15) is 0 Å². The van der Waals surface area contributed by atoms with Crippen LogP contribution in [0.2, 0.25) is 0 Å². The van der Waals surface area contributed by atoms with E-state index < -0.39 is 5.60 Å². The third-order valence-electron chi connectivity index (χ3n) is 4.18. The van der Waals surface area contributed by atoms with Gasteiger partial charge in [0.15, 0.2) is 0 Å². The minimum absolute atomic E-state index is 0.0833. The van der Waals surface area contributed by atoms with Gasteiger partial charge in [-0.1, -0.05) is 27.7 Å². The maximum absolute atomic E-state index is 10.2. The second kappa shape index (κ2) is 2.47. The highest BCUT2D eigenvalue weighted by Crippen LogP contribution is 2.56. The van der Waals surface area contributed by atoms with Gasteiger partial charge in [-0.15, -0.1) is 0 Å². The molecule has 0 radical (unpaired) electrons. The van der Waals surface area contributed by atoms with Gasteiger partial charge in [0.25, 0.3) is 0 Å². The summed E-state index contributed by atoms with van der Waals surface area (Å²) in [5, 5.41) is 10.2. The Morgan fingerprint density at radius 3 is 1.75 bits per heavy atom. The summed E-state index contributed by atoms with van der Waals surface area (Å²) in [5.74, 6) is 0. The van der Waals surface area contributed by atoms with E-state index >= 15 is 0 Å². The molecule has 2 unspecified atom stereocenters. The molecule has 1 nitrogen and oxygen atoms in total. The molecule has 1 aliphatic rings. The van der Waals surface area contributed by atoms with E-state index in [9.17, 15) is 5.11 Å². The first kappa shape index (κ1) is 10.0. The Kier molecular flexibility index (Phi) is 2.07.